The first kappa shape index (κ1) is 14.0. The maximum absolute atomic E-state index is 12.0. The number of nitrogens with two attached hydrogens (primary N) is 1. The molecule has 0 atom stereocenters. The van der Waals surface area contributed by atoms with Crippen LogP contribution in [0.5, 0.6) is 0 Å². The number of hydrazine groups is 1. The number of nitrogens with one attached hydrogen (secondary N) is 2. The van der Waals surface area contributed by atoms with Crippen molar-refractivity contribution >= 4 is 11.6 Å². The number of aryl methyl sites for hydroxylation is 2. The van der Waals surface area contributed by atoms with E-state index in [1.807, 2.05) is 6.92 Å². The minimum atomic E-state index is -0.142. The number of hydrogen-bond acceptors (Lipinski definition) is 6. The maximum atomic E-state index is 12.0. The summed E-state index contributed by atoms with van der Waals surface area (Å²) in [6, 6.07) is 5.27. The average Bonchev–Trinajstić information content (AvgIpc) is 2.84. The minimum Gasteiger partial charge on any atom is -0.352 e. The fourth-order valence-corrected chi connectivity index (χ4v) is 1.80. The molecule has 1 aromatic carbocycles. The van der Waals surface area contributed by atoms with Crippen LogP contribution in [0.25, 0.3) is 0 Å². The molecule has 0 saturated heterocycles. The number of aromatic nitrogens is 2. The van der Waals surface area contributed by atoms with Crippen molar-refractivity contribution in [2.24, 2.45) is 5.84 Å². The van der Waals surface area contributed by atoms with Crippen LogP contribution in [0.3, 0.4) is 0 Å². The molecule has 1 amide bonds. The average molecular weight is 275 g/mol. The first-order valence-electron chi connectivity index (χ1n) is 6.25. The van der Waals surface area contributed by atoms with Gasteiger partial charge in [0.15, 0.2) is 5.82 Å². The Morgan fingerprint density at radius 3 is 2.80 bits per heavy atom. The van der Waals surface area contributed by atoms with Crippen LogP contribution in [0.2, 0.25) is 0 Å². The molecule has 0 aliphatic carbocycles. The molecule has 1 heterocycles. The van der Waals surface area contributed by atoms with E-state index in [0.717, 1.165) is 11.3 Å². The second-order valence-corrected chi connectivity index (χ2v) is 4.41. The minimum absolute atomic E-state index is 0.142. The van der Waals surface area contributed by atoms with Gasteiger partial charge in [0.25, 0.3) is 5.91 Å². The third-order valence-electron chi connectivity index (χ3n) is 2.85. The lowest BCUT2D eigenvalue weighted by Gasteiger charge is -2.08. The van der Waals surface area contributed by atoms with Crippen LogP contribution in [0, 0.1) is 13.8 Å². The Morgan fingerprint density at radius 2 is 2.20 bits per heavy atom. The quantitative estimate of drug-likeness (QED) is 0.554. The monoisotopic (exact) mass is 275 g/mol. The summed E-state index contributed by atoms with van der Waals surface area (Å²) in [6.07, 6.45) is 0.532. The third-order valence-corrected chi connectivity index (χ3v) is 2.85. The topological polar surface area (TPSA) is 106 Å². The zero-order valence-electron chi connectivity index (χ0n) is 11.4. The van der Waals surface area contributed by atoms with Gasteiger partial charge in [0.05, 0.1) is 5.69 Å². The van der Waals surface area contributed by atoms with Gasteiger partial charge in [-0.2, -0.15) is 4.98 Å². The van der Waals surface area contributed by atoms with Crippen LogP contribution >= 0.6 is 0 Å². The van der Waals surface area contributed by atoms with E-state index in [1.165, 1.54) is 0 Å². The summed E-state index contributed by atoms with van der Waals surface area (Å²) in [5.41, 5.74) is 4.86. The predicted octanol–water partition coefficient (Wildman–Crippen LogP) is 0.945. The summed E-state index contributed by atoms with van der Waals surface area (Å²) in [5, 5.41) is 6.57. The molecule has 0 aliphatic rings. The van der Waals surface area contributed by atoms with Crippen LogP contribution in [-0.2, 0) is 6.42 Å². The van der Waals surface area contributed by atoms with Crippen LogP contribution in [-0.4, -0.2) is 22.6 Å². The fraction of sp³-hybridized carbons (Fsp3) is 0.308. The van der Waals surface area contributed by atoms with Crippen molar-refractivity contribution in [3.05, 3.63) is 41.0 Å². The Morgan fingerprint density at radius 1 is 1.40 bits per heavy atom. The van der Waals surface area contributed by atoms with Crippen molar-refractivity contribution in [2.75, 3.05) is 12.0 Å². The number of carbonyl (C=O) groups excluding carboxylic acids is 1. The molecule has 7 heteroatoms. The molecule has 0 spiro atoms. The summed E-state index contributed by atoms with van der Waals surface area (Å²) in [6.45, 7) is 4.06. The Balaban J connectivity index is 1.90. The van der Waals surface area contributed by atoms with Crippen molar-refractivity contribution in [3.63, 3.8) is 0 Å². The highest BCUT2D eigenvalue weighted by atomic mass is 16.5. The Hall–Kier alpha value is -2.41. The molecule has 2 rings (SSSR count). The number of rotatable bonds is 5. The van der Waals surface area contributed by atoms with Gasteiger partial charge in [-0.1, -0.05) is 5.16 Å². The zero-order valence-corrected chi connectivity index (χ0v) is 11.4. The van der Waals surface area contributed by atoms with E-state index in [1.54, 1.807) is 25.1 Å². The molecule has 4 N–H and O–H groups in total. The van der Waals surface area contributed by atoms with Crippen LogP contribution < -0.4 is 16.6 Å². The summed E-state index contributed by atoms with van der Waals surface area (Å²) in [5.74, 6) is 6.31. The molecule has 1 aromatic heterocycles. The molecular weight excluding hydrogens is 258 g/mol. The van der Waals surface area contributed by atoms with Crippen molar-refractivity contribution in [1.82, 2.24) is 15.5 Å². The zero-order chi connectivity index (χ0) is 14.5. The smallest absolute Gasteiger partial charge is 0.251 e. The highest BCUT2D eigenvalue weighted by molar-refractivity contribution is 5.94. The highest BCUT2D eigenvalue weighted by Gasteiger charge is 2.08. The van der Waals surface area contributed by atoms with Gasteiger partial charge in [0.2, 0.25) is 5.89 Å². The van der Waals surface area contributed by atoms with E-state index in [0.29, 0.717) is 30.2 Å². The van der Waals surface area contributed by atoms with Gasteiger partial charge in [-0.05, 0) is 30.7 Å². The maximum Gasteiger partial charge on any atom is 0.251 e. The van der Waals surface area contributed by atoms with Gasteiger partial charge in [-0.3, -0.25) is 10.6 Å². The number of nitrogens with zero attached hydrogens (tertiary/aromatic N) is 2. The van der Waals surface area contributed by atoms with Crippen LogP contribution in [0.4, 0.5) is 5.69 Å². The number of benzene rings is 1. The molecule has 0 aliphatic heterocycles. The third kappa shape index (κ3) is 3.33. The summed E-state index contributed by atoms with van der Waals surface area (Å²) in [4.78, 5) is 16.0. The van der Waals surface area contributed by atoms with E-state index in [9.17, 15) is 4.79 Å². The van der Waals surface area contributed by atoms with Gasteiger partial charge in [0, 0.05) is 25.5 Å². The largest absolute Gasteiger partial charge is 0.352 e. The predicted molar refractivity (Wildman–Crippen MR) is 74.1 cm³/mol. The second-order valence-electron chi connectivity index (χ2n) is 4.41. The lowest BCUT2D eigenvalue weighted by molar-refractivity contribution is 0.0954. The van der Waals surface area contributed by atoms with Crippen LogP contribution in [0.15, 0.2) is 22.7 Å². The number of carbonyl (C=O) groups is 1. The Kier molecular flexibility index (Phi) is 4.31. The van der Waals surface area contributed by atoms with Crippen molar-refractivity contribution < 1.29 is 9.32 Å². The first-order chi connectivity index (χ1) is 9.60. The molecule has 0 radical (unpaired) electrons. The Bertz CT molecular complexity index is 609. The van der Waals surface area contributed by atoms with E-state index in [4.69, 9.17) is 10.4 Å². The molecule has 0 bridgehead atoms. The SMILES string of the molecule is Cc1nc(CCNC(=O)c2ccc(NN)c(C)c2)no1. The van der Waals surface area contributed by atoms with Crippen LogP contribution in [0.1, 0.15) is 27.6 Å². The van der Waals surface area contributed by atoms with E-state index in [-0.39, 0.29) is 5.91 Å². The number of hydrogen-bond donors (Lipinski definition) is 3. The molecular formula is C13H17N5O2. The fourth-order valence-electron chi connectivity index (χ4n) is 1.80. The summed E-state index contributed by atoms with van der Waals surface area (Å²) >= 11 is 0. The van der Waals surface area contributed by atoms with Crippen molar-refractivity contribution in [2.45, 2.75) is 20.3 Å². The number of anilines is 1. The summed E-state index contributed by atoms with van der Waals surface area (Å²) in [7, 11) is 0. The number of amides is 1. The standard InChI is InChI=1S/C13H17N5O2/c1-8-7-10(3-4-11(8)17-14)13(19)15-6-5-12-16-9(2)20-18-12/h3-4,7,17H,5-6,14H2,1-2H3,(H,15,19). The van der Waals surface area contributed by atoms with Gasteiger partial charge >= 0.3 is 0 Å². The normalized spacial score (nSPS) is 10.3. The molecule has 7 nitrogen and oxygen atoms in total. The molecule has 106 valence electrons. The second kappa shape index (κ2) is 6.16. The Labute approximate surface area is 116 Å². The molecule has 20 heavy (non-hydrogen) atoms. The van der Waals surface area contributed by atoms with E-state index < -0.39 is 0 Å². The van der Waals surface area contributed by atoms with Gasteiger partial charge in [-0.15, -0.1) is 0 Å². The molecule has 0 unspecified atom stereocenters. The molecule has 0 saturated carbocycles. The molecule has 0 fully saturated rings. The molecule has 2 aromatic rings. The number of nitrogen functional groups attached to an aromatic ring is 1. The summed E-state index contributed by atoms with van der Waals surface area (Å²) < 4.78 is 4.86. The van der Waals surface area contributed by atoms with Crippen molar-refractivity contribution in [1.29, 1.82) is 0 Å². The first-order valence-corrected chi connectivity index (χ1v) is 6.25. The van der Waals surface area contributed by atoms with Gasteiger partial charge in [-0.25, -0.2) is 0 Å². The van der Waals surface area contributed by atoms with E-state index >= 15 is 0 Å². The van der Waals surface area contributed by atoms with E-state index in [2.05, 4.69) is 20.9 Å². The van der Waals surface area contributed by atoms with Crippen molar-refractivity contribution in [3.8, 4) is 0 Å². The van der Waals surface area contributed by atoms with Gasteiger partial charge in [0.1, 0.15) is 0 Å². The lowest BCUT2D eigenvalue weighted by atomic mass is 10.1. The lowest BCUT2D eigenvalue weighted by Crippen LogP contribution is -2.26. The van der Waals surface area contributed by atoms with Gasteiger partial charge < -0.3 is 15.3 Å². The highest BCUT2D eigenvalue weighted by Crippen LogP contribution is 2.15.